The lowest BCUT2D eigenvalue weighted by Gasteiger charge is -2.24. The van der Waals surface area contributed by atoms with Crippen LogP contribution in [0.25, 0.3) is 11.0 Å². The molecule has 0 fully saturated rings. The zero-order chi connectivity index (χ0) is 23.8. The molecule has 2 aromatic heterocycles. The maximum atomic E-state index is 13.6. The molecule has 1 atom stereocenters. The lowest BCUT2D eigenvalue weighted by atomic mass is 9.98. The molecule has 35 heavy (non-hydrogen) atoms. The van der Waals surface area contributed by atoms with Crippen molar-refractivity contribution in [3.8, 4) is 5.75 Å². The Morgan fingerprint density at radius 2 is 1.66 bits per heavy atom. The van der Waals surface area contributed by atoms with Crippen molar-refractivity contribution in [1.82, 2.24) is 4.98 Å². The minimum absolute atomic E-state index is 0.0416. The number of nitrogens with zero attached hydrogens (tertiary/aromatic N) is 2. The molecule has 0 saturated heterocycles. The number of hydrogen-bond donors (Lipinski definition) is 0. The average molecular weight is 460 g/mol. The predicted octanol–water partition coefficient (Wildman–Crippen LogP) is 5.52. The summed E-state index contributed by atoms with van der Waals surface area (Å²) in [7, 11) is 0. The highest BCUT2D eigenvalue weighted by molar-refractivity contribution is 6.10. The number of carbonyl (C=O) groups excluding carboxylic acids is 1. The second kappa shape index (κ2) is 8.57. The first-order valence-electron chi connectivity index (χ1n) is 11.3. The molecule has 0 unspecified atom stereocenters. The number of para-hydroxylation sites is 1. The molecular formula is C29H20N2O4. The summed E-state index contributed by atoms with van der Waals surface area (Å²) in [5, 5.41) is 0.434. The standard InChI is InChI=1S/C29H20N2O4/c32-27-22-13-4-5-14-23(22)35-28-25(27)26(31(29(28)33)24-15-6-7-16-30-24)20-11-8-12-21(17-20)34-18-19-9-2-1-3-10-19/h1-17,26H,18H2/t26-/m1/s1. The molecule has 1 aliphatic rings. The summed E-state index contributed by atoms with van der Waals surface area (Å²) >= 11 is 0. The van der Waals surface area contributed by atoms with Gasteiger partial charge in [0.25, 0.3) is 5.91 Å². The lowest BCUT2D eigenvalue weighted by molar-refractivity contribution is 0.0970. The van der Waals surface area contributed by atoms with E-state index in [4.69, 9.17) is 9.15 Å². The fourth-order valence-corrected chi connectivity index (χ4v) is 4.48. The molecule has 170 valence electrons. The maximum absolute atomic E-state index is 13.6. The van der Waals surface area contributed by atoms with Crippen LogP contribution in [0.15, 0.2) is 112 Å². The van der Waals surface area contributed by atoms with Gasteiger partial charge in [-0.25, -0.2) is 4.98 Å². The van der Waals surface area contributed by atoms with Gasteiger partial charge in [0, 0.05) is 6.20 Å². The minimum Gasteiger partial charge on any atom is -0.489 e. The Kier molecular flexibility index (Phi) is 5.11. The first kappa shape index (κ1) is 20.9. The van der Waals surface area contributed by atoms with Crippen LogP contribution in [0.5, 0.6) is 5.75 Å². The molecule has 1 aliphatic heterocycles. The van der Waals surface area contributed by atoms with E-state index in [9.17, 15) is 9.59 Å². The highest BCUT2D eigenvalue weighted by atomic mass is 16.5. The molecule has 0 saturated carbocycles. The molecule has 1 amide bonds. The third-order valence-corrected chi connectivity index (χ3v) is 6.10. The van der Waals surface area contributed by atoms with E-state index in [-0.39, 0.29) is 11.2 Å². The number of fused-ring (bicyclic) bond motifs is 2. The van der Waals surface area contributed by atoms with Crippen molar-refractivity contribution >= 4 is 22.7 Å². The van der Waals surface area contributed by atoms with E-state index in [1.54, 1.807) is 48.7 Å². The number of aromatic nitrogens is 1. The predicted molar refractivity (Wildman–Crippen MR) is 133 cm³/mol. The van der Waals surface area contributed by atoms with Crippen molar-refractivity contribution in [2.75, 3.05) is 4.90 Å². The second-order valence-corrected chi connectivity index (χ2v) is 8.28. The highest BCUT2D eigenvalue weighted by Crippen LogP contribution is 2.41. The Morgan fingerprint density at radius 1 is 0.857 bits per heavy atom. The fourth-order valence-electron chi connectivity index (χ4n) is 4.48. The summed E-state index contributed by atoms with van der Waals surface area (Å²) < 4.78 is 12.0. The third-order valence-electron chi connectivity index (χ3n) is 6.10. The molecule has 6 nitrogen and oxygen atoms in total. The van der Waals surface area contributed by atoms with Crippen LogP contribution in [-0.4, -0.2) is 10.9 Å². The van der Waals surface area contributed by atoms with Crippen molar-refractivity contribution in [1.29, 1.82) is 0 Å². The first-order valence-corrected chi connectivity index (χ1v) is 11.3. The largest absolute Gasteiger partial charge is 0.489 e. The van der Waals surface area contributed by atoms with E-state index in [2.05, 4.69) is 4.98 Å². The van der Waals surface area contributed by atoms with Crippen LogP contribution in [-0.2, 0) is 6.61 Å². The van der Waals surface area contributed by atoms with Gasteiger partial charge in [-0.15, -0.1) is 0 Å². The van der Waals surface area contributed by atoms with Crippen LogP contribution in [0.2, 0.25) is 0 Å². The number of carbonyl (C=O) groups is 1. The Balaban J connectivity index is 1.48. The topological polar surface area (TPSA) is 72.6 Å². The summed E-state index contributed by atoms with van der Waals surface area (Å²) in [6.07, 6.45) is 1.62. The van der Waals surface area contributed by atoms with Gasteiger partial charge in [-0.2, -0.15) is 0 Å². The van der Waals surface area contributed by atoms with Crippen molar-refractivity contribution in [3.05, 3.63) is 136 Å². The molecule has 0 bridgehead atoms. The van der Waals surface area contributed by atoms with Crippen molar-refractivity contribution in [2.24, 2.45) is 0 Å². The van der Waals surface area contributed by atoms with Gasteiger partial charge in [-0.05, 0) is 47.5 Å². The number of rotatable bonds is 5. The smallest absolute Gasteiger partial charge is 0.296 e. The summed E-state index contributed by atoms with van der Waals surface area (Å²) in [4.78, 5) is 33.1. The van der Waals surface area contributed by atoms with Crippen LogP contribution >= 0.6 is 0 Å². The molecule has 0 radical (unpaired) electrons. The second-order valence-electron chi connectivity index (χ2n) is 8.28. The normalized spacial score (nSPS) is 14.8. The Bertz CT molecular complexity index is 1600. The first-order chi connectivity index (χ1) is 17.2. The molecule has 5 aromatic rings. The summed E-state index contributed by atoms with van der Waals surface area (Å²) in [6.45, 7) is 0.404. The van der Waals surface area contributed by atoms with Gasteiger partial charge < -0.3 is 9.15 Å². The molecule has 3 aromatic carbocycles. The summed E-state index contributed by atoms with van der Waals surface area (Å²) in [6, 6.07) is 28.9. The van der Waals surface area contributed by atoms with E-state index in [1.807, 2.05) is 54.6 Å². The Labute approximate surface area is 201 Å². The van der Waals surface area contributed by atoms with Gasteiger partial charge in [0.2, 0.25) is 5.76 Å². The van der Waals surface area contributed by atoms with E-state index in [1.165, 1.54) is 4.90 Å². The fraction of sp³-hybridized carbons (Fsp3) is 0.0690. The zero-order valence-electron chi connectivity index (χ0n) is 18.6. The SMILES string of the molecule is O=C1c2oc3ccccc3c(=O)c2[C@@H](c2cccc(OCc3ccccc3)c2)N1c1ccccn1. The number of amides is 1. The van der Waals surface area contributed by atoms with Crippen molar-refractivity contribution in [3.63, 3.8) is 0 Å². The third kappa shape index (κ3) is 3.65. The molecule has 0 N–H and O–H groups in total. The maximum Gasteiger partial charge on any atom is 0.296 e. The van der Waals surface area contributed by atoms with Crippen LogP contribution < -0.4 is 15.1 Å². The van der Waals surface area contributed by atoms with E-state index < -0.39 is 11.9 Å². The Hall–Kier alpha value is -4.71. The van der Waals surface area contributed by atoms with Crippen LogP contribution in [0, 0.1) is 0 Å². The minimum atomic E-state index is -0.700. The van der Waals surface area contributed by atoms with Gasteiger partial charge in [0.05, 0.1) is 17.0 Å². The van der Waals surface area contributed by atoms with Gasteiger partial charge in [0.15, 0.2) is 5.43 Å². The summed E-state index contributed by atoms with van der Waals surface area (Å²) in [5.74, 6) is 0.716. The lowest BCUT2D eigenvalue weighted by Crippen LogP contribution is -2.30. The van der Waals surface area contributed by atoms with Crippen LogP contribution in [0.1, 0.15) is 33.3 Å². The molecule has 3 heterocycles. The monoisotopic (exact) mass is 460 g/mol. The van der Waals surface area contributed by atoms with E-state index >= 15 is 0 Å². The van der Waals surface area contributed by atoms with Gasteiger partial charge in [-0.1, -0.05) is 60.7 Å². The molecule has 6 heteroatoms. The van der Waals surface area contributed by atoms with E-state index in [0.29, 0.717) is 34.7 Å². The van der Waals surface area contributed by atoms with Gasteiger partial charge in [0.1, 0.15) is 23.8 Å². The molecule has 0 spiro atoms. The number of pyridine rings is 1. The average Bonchev–Trinajstić information content (AvgIpc) is 3.21. The number of anilines is 1. The van der Waals surface area contributed by atoms with Crippen molar-refractivity contribution < 1.29 is 13.9 Å². The van der Waals surface area contributed by atoms with Crippen LogP contribution in [0.3, 0.4) is 0 Å². The zero-order valence-corrected chi connectivity index (χ0v) is 18.6. The molecule has 0 aliphatic carbocycles. The van der Waals surface area contributed by atoms with Crippen molar-refractivity contribution in [2.45, 2.75) is 12.6 Å². The van der Waals surface area contributed by atoms with E-state index in [0.717, 1.165) is 11.1 Å². The van der Waals surface area contributed by atoms with Gasteiger partial charge in [-0.3, -0.25) is 14.5 Å². The molecule has 6 rings (SSSR count). The highest BCUT2D eigenvalue weighted by Gasteiger charge is 2.44. The molecular weight excluding hydrogens is 440 g/mol. The quantitative estimate of drug-likeness (QED) is 0.345. The number of ether oxygens (including phenoxy) is 1. The number of hydrogen-bond acceptors (Lipinski definition) is 5. The van der Waals surface area contributed by atoms with Crippen LogP contribution in [0.4, 0.5) is 5.82 Å². The number of benzene rings is 3. The van der Waals surface area contributed by atoms with Gasteiger partial charge >= 0.3 is 0 Å². The summed E-state index contributed by atoms with van der Waals surface area (Å²) in [5.41, 5.74) is 2.23. The Morgan fingerprint density at radius 3 is 2.49 bits per heavy atom.